The quantitative estimate of drug-likeness (QED) is 0.635. The monoisotopic (exact) mass is 350 g/mol. The molecule has 0 radical (unpaired) electrons. The summed E-state index contributed by atoms with van der Waals surface area (Å²) >= 11 is 11.9. The van der Waals surface area contributed by atoms with E-state index in [0.717, 1.165) is 11.3 Å². The average Bonchev–Trinajstić information content (AvgIpc) is 2.55. The van der Waals surface area contributed by atoms with E-state index in [0.29, 0.717) is 27.8 Å². The summed E-state index contributed by atoms with van der Waals surface area (Å²) < 4.78 is 5.17. The lowest BCUT2D eigenvalue weighted by molar-refractivity contribution is 0.0952. The van der Waals surface area contributed by atoms with E-state index >= 15 is 0 Å². The molecular weight excluding hydrogens is 335 g/mol. The minimum absolute atomic E-state index is 0.324. The topological polar surface area (TPSA) is 50.7 Å². The van der Waals surface area contributed by atoms with Crippen LogP contribution in [0.15, 0.2) is 47.6 Å². The zero-order valence-electron chi connectivity index (χ0n) is 12.8. The smallest absolute Gasteiger partial charge is 0.275 e. The molecule has 0 heterocycles. The second kappa shape index (κ2) is 7.99. The first-order valence-corrected chi connectivity index (χ1v) is 7.77. The Balaban J connectivity index is 2.24. The van der Waals surface area contributed by atoms with E-state index in [2.05, 4.69) is 10.5 Å². The van der Waals surface area contributed by atoms with Crippen LogP contribution in [0.4, 0.5) is 0 Å². The number of ether oxygens (including phenoxy) is 1. The van der Waals surface area contributed by atoms with Crippen molar-refractivity contribution in [2.24, 2.45) is 5.10 Å². The van der Waals surface area contributed by atoms with E-state index in [1.807, 2.05) is 19.1 Å². The average molecular weight is 351 g/mol. The fraction of sp³-hybridized carbons (Fsp3) is 0.176. The van der Waals surface area contributed by atoms with E-state index in [9.17, 15) is 4.79 Å². The van der Waals surface area contributed by atoms with Gasteiger partial charge in [-0.05, 0) is 42.3 Å². The molecule has 0 aliphatic rings. The largest absolute Gasteiger partial charge is 0.496 e. The fourth-order valence-electron chi connectivity index (χ4n) is 2.05. The van der Waals surface area contributed by atoms with Gasteiger partial charge in [0.1, 0.15) is 5.75 Å². The maximum atomic E-state index is 12.3. The van der Waals surface area contributed by atoms with Crippen LogP contribution in [0, 0.1) is 0 Å². The Bertz CT molecular complexity index is 745. The van der Waals surface area contributed by atoms with Crippen molar-refractivity contribution in [2.75, 3.05) is 7.11 Å². The van der Waals surface area contributed by atoms with Crippen molar-refractivity contribution in [3.63, 3.8) is 0 Å². The lowest BCUT2D eigenvalue weighted by atomic mass is 10.1. The molecule has 1 N–H and O–H groups in total. The van der Waals surface area contributed by atoms with Gasteiger partial charge in [0.25, 0.3) is 5.91 Å². The molecule has 2 aromatic carbocycles. The summed E-state index contributed by atoms with van der Waals surface area (Å²) in [5.41, 5.74) is 4.45. The molecule has 0 bridgehead atoms. The number of benzene rings is 2. The summed E-state index contributed by atoms with van der Waals surface area (Å²) in [6, 6.07) is 12.1. The van der Waals surface area contributed by atoms with Crippen molar-refractivity contribution >= 4 is 34.8 Å². The van der Waals surface area contributed by atoms with Gasteiger partial charge in [-0.15, -0.1) is 0 Å². The predicted octanol–water partition coefficient (Wildman–Crippen LogP) is 4.55. The van der Waals surface area contributed by atoms with Crippen molar-refractivity contribution < 1.29 is 9.53 Å². The number of methoxy groups -OCH3 is 1. The number of amides is 1. The number of halogens is 2. The number of hydrogen-bond donors (Lipinski definition) is 1. The van der Waals surface area contributed by atoms with E-state index in [4.69, 9.17) is 27.9 Å². The molecule has 0 unspecified atom stereocenters. The van der Waals surface area contributed by atoms with Gasteiger partial charge < -0.3 is 4.74 Å². The highest BCUT2D eigenvalue weighted by Gasteiger charge is 2.13. The molecule has 0 spiro atoms. The highest BCUT2D eigenvalue weighted by molar-refractivity contribution is 6.31. The van der Waals surface area contributed by atoms with Crippen LogP contribution in [0.2, 0.25) is 10.0 Å². The zero-order chi connectivity index (χ0) is 16.8. The zero-order valence-corrected chi connectivity index (χ0v) is 14.3. The van der Waals surface area contributed by atoms with Gasteiger partial charge in [0, 0.05) is 10.0 Å². The Morgan fingerprint density at radius 2 is 1.91 bits per heavy atom. The van der Waals surface area contributed by atoms with Crippen molar-refractivity contribution in [2.45, 2.75) is 13.3 Å². The molecule has 0 aliphatic carbocycles. The van der Waals surface area contributed by atoms with Crippen LogP contribution < -0.4 is 10.2 Å². The number of carbonyl (C=O) groups is 1. The van der Waals surface area contributed by atoms with Crippen LogP contribution in [-0.4, -0.2) is 18.7 Å². The van der Waals surface area contributed by atoms with Gasteiger partial charge in [-0.3, -0.25) is 4.79 Å². The highest BCUT2D eigenvalue weighted by Crippen LogP contribution is 2.22. The summed E-state index contributed by atoms with van der Waals surface area (Å²) in [6.45, 7) is 1.95. The van der Waals surface area contributed by atoms with Crippen LogP contribution in [0.25, 0.3) is 0 Å². The van der Waals surface area contributed by atoms with Crippen LogP contribution in [0.1, 0.15) is 29.3 Å². The Hall–Kier alpha value is -2.04. The minimum Gasteiger partial charge on any atom is -0.496 e. The van der Waals surface area contributed by atoms with E-state index in [1.165, 1.54) is 13.2 Å². The summed E-state index contributed by atoms with van der Waals surface area (Å²) in [6.07, 6.45) is 0.646. The molecule has 6 heteroatoms. The molecule has 0 atom stereocenters. The Morgan fingerprint density at radius 1 is 1.17 bits per heavy atom. The number of nitrogens with one attached hydrogen (secondary N) is 1. The number of nitrogens with zero attached hydrogens (tertiary/aromatic N) is 1. The molecule has 0 aliphatic heterocycles. The summed E-state index contributed by atoms with van der Waals surface area (Å²) in [5, 5.41) is 5.26. The maximum absolute atomic E-state index is 12.3. The van der Waals surface area contributed by atoms with Crippen molar-refractivity contribution in [1.82, 2.24) is 5.43 Å². The standard InChI is InChI=1S/C17H16Cl2N2O2/c1-3-15(11-5-4-6-12(18)9-11)20-21-17(22)14-10-13(19)7-8-16(14)23-2/h4-10H,3H2,1-2H3,(H,21,22)/b20-15+. The van der Waals surface area contributed by atoms with Crippen LogP contribution in [0.3, 0.4) is 0 Å². The van der Waals surface area contributed by atoms with Gasteiger partial charge in [0.05, 0.1) is 18.4 Å². The maximum Gasteiger partial charge on any atom is 0.275 e. The first-order valence-electron chi connectivity index (χ1n) is 7.01. The molecule has 2 rings (SSSR count). The third-order valence-corrected chi connectivity index (χ3v) is 3.66. The first-order chi connectivity index (χ1) is 11.0. The summed E-state index contributed by atoms with van der Waals surface area (Å²) in [5.74, 6) is 0.0419. The van der Waals surface area contributed by atoms with Crippen LogP contribution in [0.5, 0.6) is 5.75 Å². The fourth-order valence-corrected chi connectivity index (χ4v) is 2.41. The SMILES string of the molecule is CC/C(=N\NC(=O)c1cc(Cl)ccc1OC)c1cccc(Cl)c1. The lowest BCUT2D eigenvalue weighted by Crippen LogP contribution is -2.20. The molecule has 0 saturated carbocycles. The van der Waals surface area contributed by atoms with Crippen molar-refractivity contribution in [3.8, 4) is 5.75 Å². The van der Waals surface area contributed by atoms with Crippen molar-refractivity contribution in [3.05, 3.63) is 63.6 Å². The lowest BCUT2D eigenvalue weighted by Gasteiger charge is -2.09. The molecule has 23 heavy (non-hydrogen) atoms. The minimum atomic E-state index is -0.391. The second-order valence-corrected chi connectivity index (χ2v) is 5.58. The van der Waals surface area contributed by atoms with E-state index in [1.54, 1.807) is 24.3 Å². The summed E-state index contributed by atoms with van der Waals surface area (Å²) in [4.78, 5) is 12.3. The third-order valence-electron chi connectivity index (χ3n) is 3.19. The third kappa shape index (κ3) is 4.47. The summed E-state index contributed by atoms with van der Waals surface area (Å²) in [7, 11) is 1.49. The first kappa shape index (κ1) is 17.3. The second-order valence-electron chi connectivity index (χ2n) is 4.71. The molecule has 4 nitrogen and oxygen atoms in total. The Morgan fingerprint density at radius 3 is 2.57 bits per heavy atom. The Kier molecular flexibility index (Phi) is 6.02. The van der Waals surface area contributed by atoms with Gasteiger partial charge in [0.2, 0.25) is 0 Å². The molecule has 120 valence electrons. The molecule has 0 fully saturated rings. The number of hydrogen-bond acceptors (Lipinski definition) is 3. The normalized spacial score (nSPS) is 11.2. The van der Waals surface area contributed by atoms with Crippen molar-refractivity contribution in [1.29, 1.82) is 0 Å². The Labute approximate surface area is 145 Å². The predicted molar refractivity (Wildman–Crippen MR) is 93.8 cm³/mol. The van der Waals surface area contributed by atoms with Crippen LogP contribution in [-0.2, 0) is 0 Å². The van der Waals surface area contributed by atoms with Gasteiger partial charge >= 0.3 is 0 Å². The van der Waals surface area contributed by atoms with E-state index < -0.39 is 5.91 Å². The number of rotatable bonds is 5. The van der Waals surface area contributed by atoms with Gasteiger partial charge in [-0.1, -0.05) is 42.3 Å². The van der Waals surface area contributed by atoms with Gasteiger partial charge in [-0.25, -0.2) is 5.43 Å². The molecule has 0 aromatic heterocycles. The molecule has 0 saturated heterocycles. The number of carbonyl (C=O) groups excluding carboxylic acids is 1. The van der Waals surface area contributed by atoms with Crippen LogP contribution >= 0.6 is 23.2 Å². The molecule has 1 amide bonds. The number of hydrazone groups is 1. The van der Waals surface area contributed by atoms with Gasteiger partial charge in [-0.2, -0.15) is 5.10 Å². The van der Waals surface area contributed by atoms with E-state index in [-0.39, 0.29) is 0 Å². The molecule has 2 aromatic rings. The molecular formula is C17H16Cl2N2O2. The highest BCUT2D eigenvalue weighted by atomic mass is 35.5. The van der Waals surface area contributed by atoms with Gasteiger partial charge in [0.15, 0.2) is 0 Å².